The van der Waals surface area contributed by atoms with Crippen LogP contribution in [0.3, 0.4) is 0 Å². The van der Waals surface area contributed by atoms with E-state index in [9.17, 15) is 18.3 Å². The summed E-state index contributed by atoms with van der Waals surface area (Å²) >= 11 is 0. The number of para-hydroxylation sites is 1. The van der Waals surface area contributed by atoms with Gasteiger partial charge >= 0.3 is 0 Å². The highest BCUT2D eigenvalue weighted by atomic mass is 32.2. The van der Waals surface area contributed by atoms with Crippen LogP contribution >= 0.6 is 0 Å². The first-order valence-corrected chi connectivity index (χ1v) is 11.0. The molecule has 0 saturated carbocycles. The predicted octanol–water partition coefficient (Wildman–Crippen LogP) is 2.26. The molecule has 0 aliphatic carbocycles. The van der Waals surface area contributed by atoms with E-state index in [2.05, 4.69) is 10.5 Å². The molecule has 2 aromatic rings. The molecule has 2 N–H and O–H groups in total. The van der Waals surface area contributed by atoms with Gasteiger partial charge in [0.25, 0.3) is 0 Å². The number of nitrogens with zero attached hydrogens (tertiary/aromatic N) is 2. The van der Waals surface area contributed by atoms with Crippen molar-refractivity contribution in [3.63, 3.8) is 0 Å². The summed E-state index contributed by atoms with van der Waals surface area (Å²) in [6, 6.07) is 11.7. The second-order valence-corrected chi connectivity index (χ2v) is 9.06. The van der Waals surface area contributed by atoms with Crippen molar-refractivity contribution >= 4 is 22.1 Å². The molecule has 1 aliphatic heterocycles. The number of benzene rings is 2. The Hall–Kier alpha value is -2.91. The Kier molecular flexibility index (Phi) is 6.73. The van der Waals surface area contributed by atoms with Crippen molar-refractivity contribution in [3.05, 3.63) is 53.6 Å². The number of rotatable bonds is 6. The van der Waals surface area contributed by atoms with E-state index in [1.54, 1.807) is 42.5 Å². The number of hydrogen-bond acceptors (Lipinski definition) is 6. The maximum Gasteiger partial charge on any atom is 0.243 e. The van der Waals surface area contributed by atoms with Gasteiger partial charge in [0.15, 0.2) is 11.5 Å². The van der Waals surface area contributed by atoms with E-state index < -0.39 is 10.0 Å². The first kappa shape index (κ1) is 21.8. The maximum atomic E-state index is 12.8. The molecule has 9 heteroatoms. The van der Waals surface area contributed by atoms with Crippen molar-refractivity contribution in [2.75, 3.05) is 20.2 Å². The molecule has 1 amide bonds. The van der Waals surface area contributed by atoms with E-state index in [0.29, 0.717) is 24.2 Å². The van der Waals surface area contributed by atoms with Crippen LogP contribution in [0.4, 0.5) is 0 Å². The van der Waals surface area contributed by atoms with Gasteiger partial charge in [0.1, 0.15) is 0 Å². The molecule has 30 heavy (non-hydrogen) atoms. The standard InChI is InChI=1S/C21H25N3O5S/c1-15-6-8-18(9-7-15)30(27,28)24-12-10-16(11-13-24)21(26)23-22-14-17-4-3-5-19(29-2)20(17)25/h3-9,14,16,25H,10-13H2,1-2H3,(H,23,26). The van der Waals surface area contributed by atoms with Gasteiger partial charge in [-0.2, -0.15) is 9.41 Å². The molecule has 1 saturated heterocycles. The van der Waals surface area contributed by atoms with E-state index in [1.165, 1.54) is 17.6 Å². The van der Waals surface area contributed by atoms with Gasteiger partial charge in [-0.3, -0.25) is 4.79 Å². The van der Waals surface area contributed by atoms with E-state index in [-0.39, 0.29) is 35.6 Å². The Labute approximate surface area is 176 Å². The van der Waals surface area contributed by atoms with E-state index >= 15 is 0 Å². The van der Waals surface area contributed by atoms with Crippen LogP contribution in [-0.2, 0) is 14.8 Å². The van der Waals surface area contributed by atoms with Gasteiger partial charge in [0.2, 0.25) is 15.9 Å². The fourth-order valence-electron chi connectivity index (χ4n) is 3.28. The summed E-state index contributed by atoms with van der Waals surface area (Å²) in [5.74, 6) is -0.355. The summed E-state index contributed by atoms with van der Waals surface area (Å²) in [6.07, 6.45) is 2.17. The van der Waals surface area contributed by atoms with Gasteiger partial charge < -0.3 is 9.84 Å². The predicted molar refractivity (Wildman–Crippen MR) is 113 cm³/mol. The van der Waals surface area contributed by atoms with Crippen LogP contribution < -0.4 is 10.2 Å². The fourth-order valence-corrected chi connectivity index (χ4v) is 4.75. The Morgan fingerprint density at radius 1 is 1.20 bits per heavy atom. The molecule has 0 bridgehead atoms. The van der Waals surface area contributed by atoms with Gasteiger partial charge in [0.05, 0.1) is 18.2 Å². The highest BCUT2D eigenvalue weighted by molar-refractivity contribution is 7.89. The van der Waals surface area contributed by atoms with Crippen LogP contribution in [0.25, 0.3) is 0 Å². The number of hydrazone groups is 1. The smallest absolute Gasteiger partial charge is 0.243 e. The number of amides is 1. The number of phenolic OH excluding ortho intramolecular Hbond substituents is 1. The number of ether oxygens (including phenoxy) is 1. The minimum Gasteiger partial charge on any atom is -0.504 e. The monoisotopic (exact) mass is 431 g/mol. The van der Waals surface area contributed by atoms with Crippen molar-refractivity contribution in [2.24, 2.45) is 11.0 Å². The number of methoxy groups -OCH3 is 1. The van der Waals surface area contributed by atoms with Crippen LogP contribution in [0.2, 0.25) is 0 Å². The molecular formula is C21H25N3O5S. The molecule has 1 heterocycles. The third kappa shape index (κ3) is 4.80. The Morgan fingerprint density at radius 2 is 1.87 bits per heavy atom. The van der Waals surface area contributed by atoms with Crippen LogP contribution in [-0.4, -0.2) is 50.2 Å². The largest absolute Gasteiger partial charge is 0.504 e. The molecule has 2 aromatic carbocycles. The number of nitrogens with one attached hydrogen (secondary N) is 1. The number of sulfonamides is 1. The fraction of sp³-hybridized carbons (Fsp3) is 0.333. The van der Waals surface area contributed by atoms with Gasteiger partial charge in [-0.1, -0.05) is 23.8 Å². The summed E-state index contributed by atoms with van der Waals surface area (Å²) < 4.78 is 32.0. The zero-order valence-electron chi connectivity index (χ0n) is 16.9. The molecule has 0 spiro atoms. The van der Waals surface area contributed by atoms with Crippen LogP contribution in [0.1, 0.15) is 24.0 Å². The van der Waals surface area contributed by atoms with E-state index in [1.807, 2.05) is 6.92 Å². The molecule has 8 nitrogen and oxygen atoms in total. The zero-order chi connectivity index (χ0) is 21.7. The van der Waals surface area contributed by atoms with Crippen molar-refractivity contribution in [2.45, 2.75) is 24.7 Å². The number of carbonyl (C=O) groups is 1. The SMILES string of the molecule is COc1cccc(C=NNC(=O)C2CCN(S(=O)(=O)c3ccc(C)cc3)CC2)c1O. The average molecular weight is 432 g/mol. The highest BCUT2D eigenvalue weighted by Gasteiger charge is 2.32. The van der Waals surface area contributed by atoms with Crippen LogP contribution in [0.15, 0.2) is 52.5 Å². The molecule has 3 rings (SSSR count). The number of aryl methyl sites for hydroxylation is 1. The molecule has 1 fully saturated rings. The molecule has 0 radical (unpaired) electrons. The molecule has 160 valence electrons. The number of hydrogen-bond donors (Lipinski definition) is 2. The van der Waals surface area contributed by atoms with Crippen molar-refractivity contribution in [1.29, 1.82) is 0 Å². The van der Waals surface area contributed by atoms with Gasteiger partial charge in [0, 0.05) is 24.6 Å². The molecule has 1 aliphatic rings. The zero-order valence-corrected chi connectivity index (χ0v) is 17.7. The number of phenols is 1. The summed E-state index contributed by atoms with van der Waals surface area (Å²) in [5.41, 5.74) is 3.87. The topological polar surface area (TPSA) is 108 Å². The van der Waals surface area contributed by atoms with Crippen LogP contribution in [0.5, 0.6) is 11.5 Å². The summed E-state index contributed by atoms with van der Waals surface area (Å²) in [5, 5.41) is 13.9. The van der Waals surface area contributed by atoms with Crippen LogP contribution in [0, 0.1) is 12.8 Å². The molecule has 0 atom stereocenters. The Bertz CT molecular complexity index is 1030. The van der Waals surface area contributed by atoms with Gasteiger partial charge in [-0.25, -0.2) is 13.8 Å². The lowest BCUT2D eigenvalue weighted by atomic mass is 9.98. The third-order valence-corrected chi connectivity index (χ3v) is 7.02. The first-order chi connectivity index (χ1) is 14.3. The number of piperidine rings is 1. The lowest BCUT2D eigenvalue weighted by molar-refractivity contribution is -0.126. The average Bonchev–Trinajstić information content (AvgIpc) is 2.75. The van der Waals surface area contributed by atoms with Gasteiger partial charge in [-0.05, 0) is 44.0 Å². The second kappa shape index (κ2) is 9.27. The second-order valence-electron chi connectivity index (χ2n) is 7.12. The lowest BCUT2D eigenvalue weighted by Crippen LogP contribution is -2.42. The normalized spacial score (nSPS) is 15.9. The van der Waals surface area contributed by atoms with Gasteiger partial charge in [-0.15, -0.1) is 0 Å². The summed E-state index contributed by atoms with van der Waals surface area (Å²) in [6.45, 7) is 2.45. The van der Waals surface area contributed by atoms with E-state index in [4.69, 9.17) is 4.74 Å². The van der Waals surface area contributed by atoms with Crippen molar-refractivity contribution < 1.29 is 23.1 Å². The molecule has 0 unspecified atom stereocenters. The van der Waals surface area contributed by atoms with Crippen molar-refractivity contribution in [1.82, 2.24) is 9.73 Å². The number of carbonyl (C=O) groups excluding carboxylic acids is 1. The minimum absolute atomic E-state index is 0.0624. The third-order valence-electron chi connectivity index (χ3n) is 5.11. The number of aromatic hydroxyl groups is 1. The quantitative estimate of drug-likeness (QED) is 0.539. The lowest BCUT2D eigenvalue weighted by Gasteiger charge is -2.30. The highest BCUT2D eigenvalue weighted by Crippen LogP contribution is 2.28. The summed E-state index contributed by atoms with van der Waals surface area (Å²) in [4.78, 5) is 12.6. The molecule has 0 aromatic heterocycles. The first-order valence-electron chi connectivity index (χ1n) is 9.58. The van der Waals surface area contributed by atoms with Crippen molar-refractivity contribution in [3.8, 4) is 11.5 Å². The minimum atomic E-state index is -3.56. The Balaban J connectivity index is 1.56. The molecular weight excluding hydrogens is 406 g/mol. The Morgan fingerprint density at radius 3 is 2.50 bits per heavy atom. The summed E-state index contributed by atoms with van der Waals surface area (Å²) in [7, 11) is -2.11. The van der Waals surface area contributed by atoms with E-state index in [0.717, 1.165) is 5.56 Å². The maximum absolute atomic E-state index is 12.8.